The highest BCUT2D eigenvalue weighted by Crippen LogP contribution is 2.23. The van der Waals surface area contributed by atoms with Crippen molar-refractivity contribution >= 4 is 10.2 Å². The summed E-state index contributed by atoms with van der Waals surface area (Å²) in [5, 5.41) is 9.38. The number of aliphatic hydroxyl groups excluding tert-OH is 1. The molecule has 0 radical (unpaired) electrons. The van der Waals surface area contributed by atoms with Gasteiger partial charge >= 0.3 is 6.18 Å². The fourth-order valence-corrected chi connectivity index (χ4v) is 2.81. The van der Waals surface area contributed by atoms with Crippen molar-refractivity contribution < 1.29 is 26.7 Å². The molecule has 2 unspecified atom stereocenters. The molecule has 5 nitrogen and oxygen atoms in total. The van der Waals surface area contributed by atoms with E-state index in [9.17, 15) is 26.7 Å². The average molecular weight is 290 g/mol. The van der Waals surface area contributed by atoms with Gasteiger partial charge in [-0.15, -0.1) is 0 Å². The number of rotatable bonds is 5. The molecule has 1 fully saturated rings. The summed E-state index contributed by atoms with van der Waals surface area (Å²) in [5.41, 5.74) is 0. The molecular weight excluding hydrogens is 273 g/mol. The van der Waals surface area contributed by atoms with E-state index in [4.69, 9.17) is 0 Å². The highest BCUT2D eigenvalue weighted by Gasteiger charge is 2.29. The lowest BCUT2D eigenvalue weighted by Gasteiger charge is -2.25. The molecule has 0 spiro atoms. The van der Waals surface area contributed by atoms with Gasteiger partial charge in [0.1, 0.15) is 6.54 Å². The van der Waals surface area contributed by atoms with E-state index in [1.807, 2.05) is 0 Å². The zero-order valence-corrected chi connectivity index (χ0v) is 10.5. The fourth-order valence-electron chi connectivity index (χ4n) is 1.90. The Morgan fingerprint density at radius 3 is 2.44 bits per heavy atom. The molecule has 9 heteroatoms. The molecule has 18 heavy (non-hydrogen) atoms. The monoisotopic (exact) mass is 290 g/mol. The maximum Gasteiger partial charge on any atom is 0.402 e. The van der Waals surface area contributed by atoms with Crippen LogP contribution in [-0.4, -0.2) is 38.9 Å². The number of hydrogen-bond donors (Lipinski definition) is 3. The lowest BCUT2D eigenvalue weighted by molar-refractivity contribution is -0.121. The van der Waals surface area contributed by atoms with Crippen LogP contribution in [-0.2, 0) is 10.2 Å². The first-order chi connectivity index (χ1) is 8.18. The van der Waals surface area contributed by atoms with Gasteiger partial charge in [0.05, 0.1) is 6.10 Å². The van der Waals surface area contributed by atoms with Gasteiger partial charge in [0.2, 0.25) is 0 Å². The van der Waals surface area contributed by atoms with Crippen LogP contribution < -0.4 is 9.44 Å². The molecule has 0 aliphatic heterocycles. The molecule has 2 atom stereocenters. The van der Waals surface area contributed by atoms with Gasteiger partial charge in [0.25, 0.3) is 10.2 Å². The van der Waals surface area contributed by atoms with Crippen molar-refractivity contribution in [2.75, 3.05) is 13.1 Å². The van der Waals surface area contributed by atoms with Crippen LogP contribution in [0, 0.1) is 5.92 Å². The minimum atomic E-state index is -4.57. The minimum absolute atomic E-state index is 0.0313. The Hall–Kier alpha value is -0.380. The summed E-state index contributed by atoms with van der Waals surface area (Å²) in [6.07, 6.45) is -2.30. The maximum absolute atomic E-state index is 11.8. The highest BCUT2D eigenvalue weighted by atomic mass is 32.2. The van der Waals surface area contributed by atoms with E-state index >= 15 is 0 Å². The summed E-state index contributed by atoms with van der Waals surface area (Å²) in [4.78, 5) is 0. The van der Waals surface area contributed by atoms with Crippen molar-refractivity contribution in [2.24, 2.45) is 5.92 Å². The molecular formula is C9H17F3N2O3S. The maximum atomic E-state index is 11.8. The molecule has 3 N–H and O–H groups in total. The summed E-state index contributed by atoms with van der Waals surface area (Å²) in [6.45, 7) is -1.54. The molecule has 0 heterocycles. The van der Waals surface area contributed by atoms with E-state index in [1.54, 1.807) is 0 Å². The first kappa shape index (κ1) is 15.7. The molecule has 0 aromatic rings. The third-order valence-electron chi connectivity index (χ3n) is 2.78. The third kappa shape index (κ3) is 6.53. The predicted octanol–water partition coefficient (Wildman–Crippen LogP) is 0.524. The molecule has 0 saturated heterocycles. The summed E-state index contributed by atoms with van der Waals surface area (Å²) in [5.74, 6) is -0.0313. The van der Waals surface area contributed by atoms with Gasteiger partial charge in [-0.25, -0.2) is 4.72 Å². The SMILES string of the molecule is O=S(=O)(NCC1CCCC(O)C1)NCC(F)(F)F. The first-order valence-corrected chi connectivity index (χ1v) is 7.15. The molecule has 1 aliphatic rings. The molecule has 1 aliphatic carbocycles. The van der Waals surface area contributed by atoms with Crippen LogP contribution in [0.3, 0.4) is 0 Å². The average Bonchev–Trinajstić information content (AvgIpc) is 2.24. The number of alkyl halides is 3. The van der Waals surface area contributed by atoms with E-state index in [-0.39, 0.29) is 12.5 Å². The molecule has 0 amide bonds. The van der Waals surface area contributed by atoms with E-state index in [2.05, 4.69) is 4.72 Å². The van der Waals surface area contributed by atoms with Crippen molar-refractivity contribution in [1.82, 2.24) is 9.44 Å². The Labute approximate surface area is 104 Å². The zero-order valence-electron chi connectivity index (χ0n) is 9.70. The van der Waals surface area contributed by atoms with Crippen LogP contribution in [0.2, 0.25) is 0 Å². The van der Waals surface area contributed by atoms with Crippen molar-refractivity contribution in [3.05, 3.63) is 0 Å². The second kappa shape index (κ2) is 6.18. The second-order valence-corrected chi connectivity index (χ2v) is 6.06. The number of halogens is 3. The minimum Gasteiger partial charge on any atom is -0.393 e. The van der Waals surface area contributed by atoms with Crippen LogP contribution in [0.25, 0.3) is 0 Å². The number of hydrogen-bond acceptors (Lipinski definition) is 3. The Morgan fingerprint density at radius 1 is 1.22 bits per heavy atom. The summed E-state index contributed by atoms with van der Waals surface area (Å²) >= 11 is 0. The van der Waals surface area contributed by atoms with E-state index in [0.717, 1.165) is 12.8 Å². The quantitative estimate of drug-likeness (QED) is 0.691. The van der Waals surface area contributed by atoms with Gasteiger partial charge in [-0.3, -0.25) is 0 Å². The van der Waals surface area contributed by atoms with Crippen LogP contribution in [0.4, 0.5) is 13.2 Å². The molecule has 0 aromatic heterocycles. The Bertz CT molecular complexity index is 359. The van der Waals surface area contributed by atoms with Gasteiger partial charge in [-0.2, -0.15) is 26.3 Å². The van der Waals surface area contributed by atoms with Crippen molar-refractivity contribution in [3.63, 3.8) is 0 Å². The lowest BCUT2D eigenvalue weighted by Crippen LogP contribution is -2.43. The zero-order chi connectivity index (χ0) is 13.8. The van der Waals surface area contributed by atoms with Crippen molar-refractivity contribution in [2.45, 2.75) is 38.0 Å². The standard InChI is InChI=1S/C9H17F3N2O3S/c10-9(11,12)6-14-18(16,17)13-5-7-2-1-3-8(15)4-7/h7-8,13-15H,1-6H2. The van der Waals surface area contributed by atoms with Gasteiger partial charge in [0.15, 0.2) is 0 Å². The normalized spacial score (nSPS) is 26.2. The summed E-state index contributed by atoms with van der Waals surface area (Å²) in [6, 6.07) is 0. The number of aliphatic hydroxyl groups is 1. The Kier molecular flexibility index (Phi) is 5.38. The van der Waals surface area contributed by atoms with Gasteiger partial charge in [0, 0.05) is 6.54 Å². The topological polar surface area (TPSA) is 78.4 Å². The molecule has 1 saturated carbocycles. The first-order valence-electron chi connectivity index (χ1n) is 5.67. The lowest BCUT2D eigenvalue weighted by atomic mass is 9.87. The highest BCUT2D eigenvalue weighted by molar-refractivity contribution is 7.87. The van der Waals surface area contributed by atoms with Gasteiger partial charge in [-0.05, 0) is 25.2 Å². The molecule has 1 rings (SSSR count). The molecule has 0 bridgehead atoms. The van der Waals surface area contributed by atoms with Crippen molar-refractivity contribution in [1.29, 1.82) is 0 Å². The predicted molar refractivity (Wildman–Crippen MR) is 58.9 cm³/mol. The second-order valence-electron chi connectivity index (χ2n) is 4.47. The van der Waals surface area contributed by atoms with E-state index < -0.39 is 29.0 Å². The third-order valence-corrected chi connectivity index (χ3v) is 3.85. The van der Waals surface area contributed by atoms with Crippen LogP contribution >= 0.6 is 0 Å². The Morgan fingerprint density at radius 2 is 1.89 bits per heavy atom. The summed E-state index contributed by atoms with van der Waals surface area (Å²) in [7, 11) is -4.13. The van der Waals surface area contributed by atoms with Crippen LogP contribution in [0.1, 0.15) is 25.7 Å². The molecule has 0 aromatic carbocycles. The van der Waals surface area contributed by atoms with Crippen molar-refractivity contribution in [3.8, 4) is 0 Å². The summed E-state index contributed by atoms with van der Waals surface area (Å²) < 4.78 is 61.5. The fraction of sp³-hybridized carbons (Fsp3) is 1.00. The number of nitrogens with one attached hydrogen (secondary N) is 2. The molecule has 108 valence electrons. The van der Waals surface area contributed by atoms with Gasteiger partial charge in [-0.1, -0.05) is 6.42 Å². The van der Waals surface area contributed by atoms with Gasteiger partial charge < -0.3 is 5.11 Å². The van der Waals surface area contributed by atoms with E-state index in [0.29, 0.717) is 12.8 Å². The van der Waals surface area contributed by atoms with Crippen LogP contribution in [0.15, 0.2) is 0 Å². The van der Waals surface area contributed by atoms with E-state index in [1.165, 1.54) is 4.72 Å². The van der Waals surface area contributed by atoms with Crippen LogP contribution in [0.5, 0.6) is 0 Å². The smallest absolute Gasteiger partial charge is 0.393 e. The largest absolute Gasteiger partial charge is 0.402 e. The Balaban J connectivity index is 2.32.